The first-order chi connectivity index (χ1) is 16.1. The van der Waals surface area contributed by atoms with E-state index in [0.717, 1.165) is 56.1 Å². The molecule has 4 rings (SSSR count). The molecule has 0 spiro atoms. The molecule has 6 nitrogen and oxygen atoms in total. The first kappa shape index (κ1) is 22.9. The molecule has 1 aromatic carbocycles. The van der Waals surface area contributed by atoms with Gasteiger partial charge in [0.1, 0.15) is 0 Å². The van der Waals surface area contributed by atoms with Gasteiger partial charge < -0.3 is 10.2 Å². The van der Waals surface area contributed by atoms with E-state index in [0.29, 0.717) is 12.6 Å². The van der Waals surface area contributed by atoms with Crippen molar-refractivity contribution in [3.8, 4) is 0 Å². The van der Waals surface area contributed by atoms with Crippen LogP contribution < -0.4 is 5.32 Å². The fourth-order valence-electron chi connectivity index (χ4n) is 4.39. The SMILES string of the molecule is Cc1cccnc1CN(Cc1ncccc1C)C1CCN(C(=O)CNc2ccccc2)CC1. The summed E-state index contributed by atoms with van der Waals surface area (Å²) in [6, 6.07) is 18.5. The third-order valence-corrected chi connectivity index (χ3v) is 6.49. The Labute approximate surface area is 196 Å². The molecular weight excluding hydrogens is 410 g/mol. The molecule has 1 saturated heterocycles. The van der Waals surface area contributed by atoms with Gasteiger partial charge in [-0.1, -0.05) is 30.3 Å². The molecule has 1 aliphatic heterocycles. The van der Waals surface area contributed by atoms with Crippen LogP contribution in [0.2, 0.25) is 0 Å². The van der Waals surface area contributed by atoms with Crippen molar-refractivity contribution >= 4 is 11.6 Å². The Kier molecular flexibility index (Phi) is 7.68. The molecular formula is C27H33N5O. The number of rotatable bonds is 8. The molecule has 0 unspecified atom stereocenters. The van der Waals surface area contributed by atoms with Crippen LogP contribution in [0.25, 0.3) is 0 Å². The van der Waals surface area contributed by atoms with Crippen LogP contribution in [-0.4, -0.2) is 51.4 Å². The Balaban J connectivity index is 1.39. The standard InChI is InChI=1S/C27H33N5O/c1-21-8-6-14-28-25(21)19-32(20-26-22(2)9-7-15-29-26)24-12-16-31(17-13-24)27(33)18-30-23-10-4-3-5-11-23/h3-11,14-15,24,30H,12-13,16-20H2,1-2H3. The highest BCUT2D eigenvalue weighted by Gasteiger charge is 2.28. The van der Waals surface area contributed by atoms with E-state index in [1.807, 2.05) is 59.8 Å². The number of carbonyl (C=O) groups excluding carboxylic acids is 1. The number of aromatic nitrogens is 2. The molecule has 0 saturated carbocycles. The van der Waals surface area contributed by atoms with Crippen molar-refractivity contribution in [1.82, 2.24) is 19.8 Å². The summed E-state index contributed by atoms with van der Waals surface area (Å²) in [5.74, 6) is 0.157. The van der Waals surface area contributed by atoms with Gasteiger partial charge >= 0.3 is 0 Å². The maximum Gasteiger partial charge on any atom is 0.241 e. The highest BCUT2D eigenvalue weighted by atomic mass is 16.2. The van der Waals surface area contributed by atoms with Crippen LogP contribution in [0.5, 0.6) is 0 Å². The zero-order valence-corrected chi connectivity index (χ0v) is 19.6. The quantitative estimate of drug-likeness (QED) is 0.565. The summed E-state index contributed by atoms with van der Waals surface area (Å²) in [6.45, 7) is 7.70. The smallest absolute Gasteiger partial charge is 0.241 e. The second kappa shape index (κ2) is 11.1. The molecule has 2 aromatic heterocycles. The number of para-hydroxylation sites is 1. The van der Waals surface area contributed by atoms with Crippen LogP contribution in [0.4, 0.5) is 5.69 Å². The molecule has 0 atom stereocenters. The van der Waals surface area contributed by atoms with E-state index >= 15 is 0 Å². The average Bonchev–Trinajstić information content (AvgIpc) is 2.85. The number of nitrogens with zero attached hydrogens (tertiary/aromatic N) is 4. The number of hydrogen-bond donors (Lipinski definition) is 1. The van der Waals surface area contributed by atoms with E-state index in [9.17, 15) is 4.79 Å². The Hall–Kier alpha value is -3.25. The molecule has 1 N–H and O–H groups in total. The number of amides is 1. The minimum absolute atomic E-state index is 0.157. The van der Waals surface area contributed by atoms with E-state index in [1.54, 1.807) is 0 Å². The molecule has 33 heavy (non-hydrogen) atoms. The lowest BCUT2D eigenvalue weighted by molar-refractivity contribution is -0.130. The average molecular weight is 444 g/mol. The van der Waals surface area contributed by atoms with Crippen molar-refractivity contribution < 1.29 is 4.79 Å². The lowest BCUT2D eigenvalue weighted by Gasteiger charge is -2.38. The fourth-order valence-corrected chi connectivity index (χ4v) is 4.39. The van der Waals surface area contributed by atoms with E-state index in [2.05, 4.69) is 46.2 Å². The Bertz CT molecular complexity index is 1000. The van der Waals surface area contributed by atoms with Gasteiger partial charge in [-0.3, -0.25) is 19.7 Å². The topological polar surface area (TPSA) is 61.4 Å². The molecule has 0 aliphatic carbocycles. The van der Waals surface area contributed by atoms with Crippen molar-refractivity contribution in [2.45, 2.75) is 45.8 Å². The van der Waals surface area contributed by atoms with Gasteiger partial charge in [0, 0.05) is 50.3 Å². The van der Waals surface area contributed by atoms with E-state index in [1.165, 1.54) is 11.1 Å². The summed E-state index contributed by atoms with van der Waals surface area (Å²) in [4.78, 5) is 26.5. The third-order valence-electron chi connectivity index (χ3n) is 6.49. The maximum absolute atomic E-state index is 12.7. The number of pyridine rings is 2. The number of benzene rings is 1. The zero-order valence-electron chi connectivity index (χ0n) is 19.6. The summed E-state index contributed by atoms with van der Waals surface area (Å²) >= 11 is 0. The summed E-state index contributed by atoms with van der Waals surface area (Å²) < 4.78 is 0. The Morgan fingerprint density at radius 2 is 1.48 bits per heavy atom. The minimum Gasteiger partial charge on any atom is -0.376 e. The molecule has 6 heteroatoms. The number of likely N-dealkylation sites (tertiary alicyclic amines) is 1. The van der Waals surface area contributed by atoms with Crippen LogP contribution >= 0.6 is 0 Å². The highest BCUT2D eigenvalue weighted by molar-refractivity contribution is 5.80. The lowest BCUT2D eigenvalue weighted by atomic mass is 10.0. The third kappa shape index (κ3) is 6.17. The number of piperidine rings is 1. The van der Waals surface area contributed by atoms with Gasteiger partial charge in [0.2, 0.25) is 5.91 Å². The van der Waals surface area contributed by atoms with Crippen molar-refractivity contribution in [3.05, 3.63) is 89.5 Å². The van der Waals surface area contributed by atoms with E-state index in [4.69, 9.17) is 0 Å². The van der Waals surface area contributed by atoms with Crippen LogP contribution in [0.15, 0.2) is 67.0 Å². The van der Waals surface area contributed by atoms with Gasteiger partial charge in [0.05, 0.1) is 17.9 Å². The summed E-state index contributed by atoms with van der Waals surface area (Å²) in [5, 5.41) is 3.24. The van der Waals surface area contributed by atoms with Crippen molar-refractivity contribution in [2.75, 3.05) is 25.0 Å². The number of hydrogen-bond acceptors (Lipinski definition) is 5. The summed E-state index contributed by atoms with van der Waals surface area (Å²) in [7, 11) is 0. The van der Waals surface area contributed by atoms with Gasteiger partial charge in [-0.15, -0.1) is 0 Å². The van der Waals surface area contributed by atoms with Crippen molar-refractivity contribution in [3.63, 3.8) is 0 Å². The predicted octanol–water partition coefficient (Wildman–Crippen LogP) is 4.20. The second-order valence-electron chi connectivity index (χ2n) is 8.77. The first-order valence-corrected chi connectivity index (χ1v) is 11.7. The van der Waals surface area contributed by atoms with E-state index in [-0.39, 0.29) is 5.91 Å². The van der Waals surface area contributed by atoms with Gasteiger partial charge in [-0.05, 0) is 62.1 Å². The van der Waals surface area contributed by atoms with Gasteiger partial charge in [-0.2, -0.15) is 0 Å². The van der Waals surface area contributed by atoms with E-state index < -0.39 is 0 Å². The van der Waals surface area contributed by atoms with Crippen LogP contribution in [0.3, 0.4) is 0 Å². The van der Waals surface area contributed by atoms with Crippen molar-refractivity contribution in [1.29, 1.82) is 0 Å². The molecule has 3 aromatic rings. The first-order valence-electron chi connectivity index (χ1n) is 11.7. The normalized spacial score (nSPS) is 14.5. The zero-order chi connectivity index (χ0) is 23.0. The maximum atomic E-state index is 12.7. The summed E-state index contributed by atoms with van der Waals surface area (Å²) in [6.07, 6.45) is 5.64. The second-order valence-corrected chi connectivity index (χ2v) is 8.77. The molecule has 1 fully saturated rings. The number of carbonyl (C=O) groups is 1. The number of nitrogens with one attached hydrogen (secondary N) is 1. The predicted molar refractivity (Wildman–Crippen MR) is 132 cm³/mol. The molecule has 1 amide bonds. The van der Waals surface area contributed by atoms with Gasteiger partial charge in [-0.25, -0.2) is 0 Å². The van der Waals surface area contributed by atoms with Crippen LogP contribution in [-0.2, 0) is 17.9 Å². The molecule has 0 radical (unpaired) electrons. The van der Waals surface area contributed by atoms with Crippen LogP contribution in [0, 0.1) is 13.8 Å². The fraction of sp³-hybridized carbons (Fsp3) is 0.370. The minimum atomic E-state index is 0.157. The largest absolute Gasteiger partial charge is 0.376 e. The Morgan fingerprint density at radius 1 is 0.909 bits per heavy atom. The monoisotopic (exact) mass is 443 g/mol. The molecule has 3 heterocycles. The summed E-state index contributed by atoms with van der Waals surface area (Å²) in [5.41, 5.74) is 5.61. The van der Waals surface area contributed by atoms with Crippen molar-refractivity contribution in [2.24, 2.45) is 0 Å². The molecule has 172 valence electrons. The molecule has 1 aliphatic rings. The number of aryl methyl sites for hydroxylation is 2. The highest BCUT2D eigenvalue weighted by Crippen LogP contribution is 2.22. The van der Waals surface area contributed by atoms with Gasteiger partial charge in [0.15, 0.2) is 0 Å². The lowest BCUT2D eigenvalue weighted by Crippen LogP contribution is -2.47. The van der Waals surface area contributed by atoms with Crippen LogP contribution in [0.1, 0.15) is 35.4 Å². The molecule has 0 bridgehead atoms. The number of anilines is 1. The van der Waals surface area contributed by atoms with Gasteiger partial charge in [0.25, 0.3) is 0 Å². The Morgan fingerprint density at radius 3 is 2.03 bits per heavy atom.